The number of carboxylic acids is 1. The maximum Gasteiger partial charge on any atom is 0.322 e. The lowest BCUT2D eigenvalue weighted by Crippen LogP contribution is -2.45. The lowest BCUT2D eigenvalue weighted by atomic mass is 9.86. The highest BCUT2D eigenvalue weighted by Crippen LogP contribution is 2.29. The van der Waals surface area contributed by atoms with E-state index in [-0.39, 0.29) is 23.9 Å². The van der Waals surface area contributed by atoms with Crippen LogP contribution in [-0.4, -0.2) is 65.2 Å². The molecule has 0 atom stereocenters. The van der Waals surface area contributed by atoms with E-state index in [2.05, 4.69) is 17.4 Å². The fourth-order valence-electron chi connectivity index (χ4n) is 4.18. The van der Waals surface area contributed by atoms with Crippen LogP contribution in [-0.2, 0) is 25.5 Å². The first kappa shape index (κ1) is 22.8. The van der Waals surface area contributed by atoms with Crippen molar-refractivity contribution in [3.8, 4) is 0 Å². The van der Waals surface area contributed by atoms with Crippen molar-refractivity contribution >= 4 is 17.8 Å². The molecule has 0 spiro atoms. The van der Waals surface area contributed by atoms with E-state index in [0.717, 1.165) is 32.1 Å². The molecule has 0 radical (unpaired) electrons. The first-order valence-electron chi connectivity index (χ1n) is 10.8. The number of aliphatic carboxylic acids is 1. The van der Waals surface area contributed by atoms with Crippen LogP contribution in [0.3, 0.4) is 0 Å². The molecule has 1 fully saturated rings. The molecule has 0 aromatic heterocycles. The fraction of sp³-hybridized carbons (Fsp3) is 0.522. The van der Waals surface area contributed by atoms with Gasteiger partial charge in [0.1, 0.15) is 17.9 Å². The van der Waals surface area contributed by atoms with E-state index in [4.69, 9.17) is 9.84 Å². The lowest BCUT2D eigenvalue weighted by Gasteiger charge is -2.34. The first-order valence-corrected chi connectivity index (χ1v) is 10.8. The summed E-state index contributed by atoms with van der Waals surface area (Å²) < 4.78 is 6.03. The Balaban J connectivity index is 1.43. The van der Waals surface area contributed by atoms with E-state index in [1.54, 1.807) is 4.90 Å². The summed E-state index contributed by atoms with van der Waals surface area (Å²) in [4.78, 5) is 37.1. The van der Waals surface area contributed by atoms with Crippen LogP contribution in [0.25, 0.3) is 0 Å². The predicted molar refractivity (Wildman–Crippen MR) is 113 cm³/mol. The molecule has 1 aliphatic carbocycles. The van der Waals surface area contributed by atoms with Gasteiger partial charge in [0, 0.05) is 19.5 Å². The van der Waals surface area contributed by atoms with Crippen LogP contribution in [0.15, 0.2) is 41.7 Å². The molecule has 1 aliphatic heterocycles. The summed E-state index contributed by atoms with van der Waals surface area (Å²) in [7, 11) is 0. The van der Waals surface area contributed by atoms with Gasteiger partial charge in [0.2, 0.25) is 0 Å². The molecule has 1 saturated carbocycles. The van der Waals surface area contributed by atoms with Gasteiger partial charge in [-0.3, -0.25) is 14.4 Å². The van der Waals surface area contributed by atoms with Gasteiger partial charge < -0.3 is 25.2 Å². The van der Waals surface area contributed by atoms with Gasteiger partial charge in [-0.05, 0) is 43.6 Å². The van der Waals surface area contributed by atoms with Crippen molar-refractivity contribution in [2.75, 3.05) is 26.2 Å². The number of aliphatic hydroxyl groups is 1. The van der Waals surface area contributed by atoms with Crippen LogP contribution >= 0.6 is 0 Å². The zero-order chi connectivity index (χ0) is 22.2. The molecule has 1 aromatic carbocycles. The highest BCUT2D eigenvalue weighted by Gasteiger charge is 2.34. The average molecular weight is 431 g/mol. The van der Waals surface area contributed by atoms with Gasteiger partial charge in [0.05, 0.1) is 12.7 Å². The smallest absolute Gasteiger partial charge is 0.322 e. The molecule has 8 nitrogen and oxygen atoms in total. The minimum atomic E-state index is -1.21. The molecule has 168 valence electrons. The number of benzene rings is 1. The van der Waals surface area contributed by atoms with Crippen molar-refractivity contribution in [2.45, 2.75) is 44.6 Å². The van der Waals surface area contributed by atoms with Crippen LogP contribution in [0.2, 0.25) is 0 Å². The largest absolute Gasteiger partial charge is 0.511 e. The molecule has 1 heterocycles. The Kier molecular flexibility index (Phi) is 8.06. The van der Waals surface area contributed by atoms with Crippen LogP contribution < -0.4 is 5.32 Å². The SMILES string of the molecule is O=C(O)CNC(=O)C1=C(O)CCN(C[C@H]2CC[C@H](OCCc3ccccc3)CC2)C1=O. The number of carbonyl (C=O) groups excluding carboxylic acids is 2. The summed E-state index contributed by atoms with van der Waals surface area (Å²) in [5.41, 5.74) is 0.921. The second-order valence-electron chi connectivity index (χ2n) is 8.15. The molecule has 3 N–H and O–H groups in total. The second-order valence-corrected chi connectivity index (χ2v) is 8.15. The van der Waals surface area contributed by atoms with E-state index in [1.807, 2.05) is 18.2 Å². The minimum absolute atomic E-state index is 0.194. The van der Waals surface area contributed by atoms with Gasteiger partial charge in [0.25, 0.3) is 11.8 Å². The van der Waals surface area contributed by atoms with Crippen molar-refractivity contribution in [3.63, 3.8) is 0 Å². The summed E-state index contributed by atoms with van der Waals surface area (Å²) in [6.45, 7) is 0.979. The van der Waals surface area contributed by atoms with Crippen LogP contribution in [0.5, 0.6) is 0 Å². The molecule has 2 aliphatic rings. The average Bonchev–Trinajstić information content (AvgIpc) is 2.76. The van der Waals surface area contributed by atoms with E-state index >= 15 is 0 Å². The third kappa shape index (κ3) is 6.55. The maximum atomic E-state index is 12.7. The number of carbonyl (C=O) groups is 3. The summed E-state index contributed by atoms with van der Waals surface area (Å²) >= 11 is 0. The number of nitrogens with zero attached hydrogens (tertiary/aromatic N) is 1. The summed E-state index contributed by atoms with van der Waals surface area (Å²) in [6, 6.07) is 10.2. The minimum Gasteiger partial charge on any atom is -0.511 e. The highest BCUT2D eigenvalue weighted by atomic mass is 16.5. The van der Waals surface area contributed by atoms with Crippen molar-refractivity contribution in [3.05, 3.63) is 47.2 Å². The molecule has 8 heteroatoms. The summed E-state index contributed by atoms with van der Waals surface area (Å²) in [6.07, 6.45) is 5.08. The number of hydrogen-bond donors (Lipinski definition) is 3. The zero-order valence-electron chi connectivity index (χ0n) is 17.6. The van der Waals surface area contributed by atoms with Gasteiger partial charge >= 0.3 is 5.97 Å². The number of aliphatic hydroxyl groups excluding tert-OH is 1. The number of rotatable bonds is 9. The monoisotopic (exact) mass is 430 g/mol. The molecule has 3 rings (SSSR count). The van der Waals surface area contributed by atoms with Crippen LogP contribution in [0.4, 0.5) is 0 Å². The Morgan fingerprint density at radius 1 is 1.13 bits per heavy atom. The van der Waals surface area contributed by atoms with E-state index in [9.17, 15) is 19.5 Å². The van der Waals surface area contributed by atoms with Crippen molar-refractivity contribution < 1.29 is 29.3 Å². The first-order chi connectivity index (χ1) is 14.9. The van der Waals surface area contributed by atoms with Gasteiger partial charge in [-0.1, -0.05) is 30.3 Å². The van der Waals surface area contributed by atoms with Crippen LogP contribution in [0, 0.1) is 5.92 Å². The predicted octanol–water partition coefficient (Wildman–Crippen LogP) is 2.05. The topological polar surface area (TPSA) is 116 Å². The van der Waals surface area contributed by atoms with E-state index in [0.29, 0.717) is 25.6 Å². The normalized spacial score (nSPS) is 21.8. The number of carboxylic acid groups (broad SMARTS) is 1. The number of nitrogens with one attached hydrogen (secondary N) is 1. The molecule has 0 unspecified atom stereocenters. The summed E-state index contributed by atoms with van der Waals surface area (Å²) in [5, 5.41) is 20.9. The zero-order valence-corrected chi connectivity index (χ0v) is 17.6. The van der Waals surface area contributed by atoms with Gasteiger partial charge in [-0.25, -0.2) is 0 Å². The third-order valence-electron chi connectivity index (χ3n) is 5.89. The Hall–Kier alpha value is -2.87. The van der Waals surface area contributed by atoms with Crippen molar-refractivity contribution in [1.82, 2.24) is 10.2 Å². The quantitative estimate of drug-likeness (QED) is 0.517. The Morgan fingerprint density at radius 3 is 2.52 bits per heavy atom. The van der Waals surface area contributed by atoms with E-state index < -0.39 is 24.3 Å². The summed E-state index contributed by atoms with van der Waals surface area (Å²) in [5.74, 6) is -2.55. The molecule has 2 amide bonds. The number of amides is 2. The molecule has 0 bridgehead atoms. The van der Waals surface area contributed by atoms with E-state index in [1.165, 1.54) is 5.56 Å². The second kappa shape index (κ2) is 10.9. The highest BCUT2D eigenvalue weighted by molar-refractivity contribution is 6.19. The molecular formula is C23H30N2O6. The fourth-order valence-corrected chi connectivity index (χ4v) is 4.18. The molecular weight excluding hydrogens is 400 g/mol. The lowest BCUT2D eigenvalue weighted by molar-refractivity contribution is -0.138. The Bertz CT molecular complexity index is 815. The number of ether oxygens (including phenoxy) is 1. The Morgan fingerprint density at radius 2 is 1.84 bits per heavy atom. The molecule has 0 saturated heterocycles. The number of hydrogen-bond acceptors (Lipinski definition) is 5. The van der Waals surface area contributed by atoms with Crippen LogP contribution in [0.1, 0.15) is 37.7 Å². The van der Waals surface area contributed by atoms with Gasteiger partial charge in [0.15, 0.2) is 0 Å². The van der Waals surface area contributed by atoms with Crippen molar-refractivity contribution in [1.29, 1.82) is 0 Å². The molecule has 31 heavy (non-hydrogen) atoms. The Labute approximate surface area is 181 Å². The van der Waals surface area contributed by atoms with Gasteiger partial charge in [-0.2, -0.15) is 0 Å². The van der Waals surface area contributed by atoms with Gasteiger partial charge in [-0.15, -0.1) is 0 Å². The standard InChI is InChI=1S/C23H30N2O6/c26-19-10-12-25(23(30)21(19)22(29)24-14-20(27)28)15-17-6-8-18(9-7-17)31-13-11-16-4-2-1-3-5-16/h1-5,17-18,26H,6-15H2,(H,24,29)(H,27,28)/t17-,18-. The third-order valence-corrected chi connectivity index (χ3v) is 5.89. The maximum absolute atomic E-state index is 12.7. The molecule has 1 aromatic rings. The van der Waals surface area contributed by atoms with Crippen molar-refractivity contribution in [2.24, 2.45) is 5.92 Å².